The van der Waals surface area contributed by atoms with Gasteiger partial charge in [-0.2, -0.15) is 0 Å². The Labute approximate surface area is 180 Å². The minimum absolute atomic E-state index is 0.153. The molecular weight excluding hydrogens is 410 g/mol. The van der Waals surface area contributed by atoms with Crippen molar-refractivity contribution in [3.8, 4) is 0 Å². The van der Waals surface area contributed by atoms with Gasteiger partial charge in [-0.1, -0.05) is 0 Å². The fourth-order valence-electron chi connectivity index (χ4n) is 3.00. The quantitative estimate of drug-likeness (QED) is 0.518. The Kier molecular flexibility index (Phi) is 8.22. The van der Waals surface area contributed by atoms with E-state index in [9.17, 15) is 19.2 Å². The van der Waals surface area contributed by atoms with Crippen molar-refractivity contribution in [2.75, 3.05) is 33.3 Å². The van der Waals surface area contributed by atoms with Gasteiger partial charge in [-0.25, -0.2) is 9.59 Å². The Hall–Kier alpha value is -2.62. The van der Waals surface area contributed by atoms with E-state index in [4.69, 9.17) is 4.74 Å². The largest absolute Gasteiger partial charge is 0.465 e. The SMILES string of the molecule is COC(=O)c1ccc(C(=O)N2CCCC(C(=O)NCCNC(=O)OC(C)(C)C)C2)s1. The third kappa shape index (κ3) is 7.01. The molecule has 9 nitrogen and oxygen atoms in total. The van der Waals surface area contributed by atoms with E-state index in [-0.39, 0.29) is 30.8 Å². The Morgan fingerprint density at radius 2 is 1.80 bits per heavy atom. The molecule has 166 valence electrons. The maximum Gasteiger partial charge on any atom is 0.407 e. The first-order valence-corrected chi connectivity index (χ1v) is 10.6. The summed E-state index contributed by atoms with van der Waals surface area (Å²) in [5.41, 5.74) is -0.578. The van der Waals surface area contributed by atoms with Gasteiger partial charge in [-0.15, -0.1) is 11.3 Å². The first-order chi connectivity index (χ1) is 14.1. The van der Waals surface area contributed by atoms with E-state index in [1.165, 1.54) is 7.11 Å². The van der Waals surface area contributed by atoms with E-state index in [0.717, 1.165) is 17.8 Å². The van der Waals surface area contributed by atoms with Gasteiger partial charge in [0.25, 0.3) is 5.91 Å². The van der Waals surface area contributed by atoms with Crippen molar-refractivity contribution in [1.82, 2.24) is 15.5 Å². The highest BCUT2D eigenvalue weighted by atomic mass is 32.1. The number of esters is 1. The van der Waals surface area contributed by atoms with Crippen LogP contribution >= 0.6 is 11.3 Å². The maximum absolute atomic E-state index is 12.7. The lowest BCUT2D eigenvalue weighted by atomic mass is 9.97. The monoisotopic (exact) mass is 439 g/mol. The van der Waals surface area contributed by atoms with Crippen molar-refractivity contribution in [2.45, 2.75) is 39.2 Å². The Bertz CT molecular complexity index is 786. The molecule has 2 N–H and O–H groups in total. The average Bonchev–Trinajstić information content (AvgIpc) is 3.19. The fourth-order valence-corrected chi connectivity index (χ4v) is 3.90. The van der Waals surface area contributed by atoms with Crippen LogP contribution < -0.4 is 10.6 Å². The highest BCUT2D eigenvalue weighted by molar-refractivity contribution is 7.15. The smallest absolute Gasteiger partial charge is 0.407 e. The van der Waals surface area contributed by atoms with Crippen LogP contribution in [0.5, 0.6) is 0 Å². The van der Waals surface area contributed by atoms with Crippen molar-refractivity contribution in [1.29, 1.82) is 0 Å². The van der Waals surface area contributed by atoms with Crippen LogP contribution in [-0.2, 0) is 14.3 Å². The number of ether oxygens (including phenoxy) is 2. The Morgan fingerprint density at radius 1 is 1.13 bits per heavy atom. The molecule has 0 aliphatic carbocycles. The van der Waals surface area contributed by atoms with Gasteiger partial charge >= 0.3 is 12.1 Å². The third-order valence-electron chi connectivity index (χ3n) is 4.38. The average molecular weight is 440 g/mol. The van der Waals surface area contributed by atoms with Crippen LogP contribution in [0.4, 0.5) is 4.79 Å². The predicted molar refractivity (Wildman–Crippen MR) is 112 cm³/mol. The summed E-state index contributed by atoms with van der Waals surface area (Å²) in [7, 11) is 1.29. The van der Waals surface area contributed by atoms with Gasteiger partial charge in [-0.3, -0.25) is 9.59 Å². The third-order valence-corrected chi connectivity index (χ3v) is 5.43. The second-order valence-electron chi connectivity index (χ2n) is 7.97. The first-order valence-electron chi connectivity index (χ1n) is 9.82. The van der Waals surface area contributed by atoms with Crippen LogP contribution in [0.2, 0.25) is 0 Å². The second-order valence-corrected chi connectivity index (χ2v) is 9.05. The summed E-state index contributed by atoms with van der Waals surface area (Å²) >= 11 is 1.08. The molecule has 3 amide bonds. The minimum Gasteiger partial charge on any atom is -0.465 e. The molecule has 0 aromatic carbocycles. The zero-order valence-corrected chi connectivity index (χ0v) is 18.6. The molecule has 1 saturated heterocycles. The number of thiophene rings is 1. The van der Waals surface area contributed by atoms with Gasteiger partial charge in [0.05, 0.1) is 17.9 Å². The summed E-state index contributed by atoms with van der Waals surface area (Å²) < 4.78 is 9.80. The predicted octanol–water partition coefficient (Wildman–Crippen LogP) is 2.03. The number of carbonyl (C=O) groups is 4. The van der Waals surface area contributed by atoms with Crippen LogP contribution in [0.3, 0.4) is 0 Å². The topological polar surface area (TPSA) is 114 Å². The number of hydrogen-bond acceptors (Lipinski definition) is 7. The van der Waals surface area contributed by atoms with E-state index in [1.54, 1.807) is 37.8 Å². The Morgan fingerprint density at radius 3 is 2.47 bits per heavy atom. The van der Waals surface area contributed by atoms with Gasteiger partial charge in [0.2, 0.25) is 5.91 Å². The number of piperidine rings is 1. The minimum atomic E-state index is -0.578. The van der Waals surface area contributed by atoms with Crippen LogP contribution in [0.15, 0.2) is 12.1 Å². The lowest BCUT2D eigenvalue weighted by Crippen LogP contribution is -2.46. The molecule has 1 aliphatic rings. The number of rotatable bonds is 6. The molecule has 1 aromatic heterocycles. The van der Waals surface area contributed by atoms with Gasteiger partial charge in [-0.05, 0) is 45.7 Å². The summed E-state index contributed by atoms with van der Waals surface area (Å²) in [6.45, 7) is 6.73. The molecule has 0 radical (unpaired) electrons. The number of nitrogens with zero attached hydrogens (tertiary/aromatic N) is 1. The van der Waals surface area contributed by atoms with E-state index in [2.05, 4.69) is 15.4 Å². The van der Waals surface area contributed by atoms with E-state index >= 15 is 0 Å². The maximum atomic E-state index is 12.7. The Balaban J connectivity index is 1.80. The molecule has 1 aromatic rings. The molecule has 30 heavy (non-hydrogen) atoms. The van der Waals surface area contributed by atoms with Crippen molar-refractivity contribution >= 4 is 35.2 Å². The summed E-state index contributed by atoms with van der Waals surface area (Å²) in [4.78, 5) is 50.8. The molecular formula is C20H29N3O6S. The first kappa shape index (κ1) is 23.7. The van der Waals surface area contributed by atoms with Crippen LogP contribution in [0.25, 0.3) is 0 Å². The normalized spacial score (nSPS) is 16.5. The van der Waals surface area contributed by atoms with Crippen LogP contribution in [-0.4, -0.2) is 67.7 Å². The highest BCUT2D eigenvalue weighted by Crippen LogP contribution is 2.23. The zero-order valence-electron chi connectivity index (χ0n) is 17.8. The lowest BCUT2D eigenvalue weighted by Gasteiger charge is -2.31. The number of carbonyl (C=O) groups excluding carboxylic acids is 4. The number of likely N-dealkylation sites (tertiary alicyclic amines) is 1. The zero-order chi connectivity index (χ0) is 22.3. The number of hydrogen-bond donors (Lipinski definition) is 2. The molecule has 0 saturated carbocycles. The molecule has 0 spiro atoms. The molecule has 2 heterocycles. The summed E-state index contributed by atoms with van der Waals surface area (Å²) in [5, 5.41) is 5.38. The number of nitrogens with one attached hydrogen (secondary N) is 2. The van der Waals surface area contributed by atoms with Gasteiger partial charge in [0, 0.05) is 26.2 Å². The number of amides is 3. The van der Waals surface area contributed by atoms with Crippen LogP contribution in [0, 0.1) is 5.92 Å². The van der Waals surface area contributed by atoms with E-state index < -0.39 is 17.7 Å². The van der Waals surface area contributed by atoms with Crippen molar-refractivity contribution < 1.29 is 28.7 Å². The number of alkyl carbamates (subject to hydrolysis) is 1. The standard InChI is InChI=1S/C20H29N3O6S/c1-20(2,3)29-19(27)22-10-9-21-16(24)13-6-5-11-23(12-13)17(25)14-7-8-15(30-14)18(26)28-4/h7-8,13H,5-6,9-12H2,1-4H3,(H,21,24)(H,22,27). The van der Waals surface area contributed by atoms with Crippen molar-refractivity contribution in [2.24, 2.45) is 5.92 Å². The molecule has 10 heteroatoms. The molecule has 1 atom stereocenters. The van der Waals surface area contributed by atoms with Crippen molar-refractivity contribution in [3.63, 3.8) is 0 Å². The van der Waals surface area contributed by atoms with E-state index in [1.807, 2.05) is 0 Å². The van der Waals surface area contributed by atoms with Crippen LogP contribution in [0.1, 0.15) is 53.0 Å². The second kappa shape index (κ2) is 10.4. The fraction of sp³-hybridized carbons (Fsp3) is 0.600. The summed E-state index contributed by atoms with van der Waals surface area (Å²) in [6.07, 6.45) is 0.871. The summed E-state index contributed by atoms with van der Waals surface area (Å²) in [6, 6.07) is 3.17. The van der Waals surface area contributed by atoms with Gasteiger partial charge < -0.3 is 25.0 Å². The lowest BCUT2D eigenvalue weighted by molar-refractivity contribution is -0.126. The van der Waals surface area contributed by atoms with Gasteiger partial charge in [0.1, 0.15) is 10.5 Å². The highest BCUT2D eigenvalue weighted by Gasteiger charge is 2.29. The number of methoxy groups -OCH3 is 1. The van der Waals surface area contributed by atoms with Gasteiger partial charge in [0.15, 0.2) is 0 Å². The molecule has 1 unspecified atom stereocenters. The molecule has 0 bridgehead atoms. The summed E-state index contributed by atoms with van der Waals surface area (Å²) in [5.74, 6) is -1.14. The molecule has 1 aliphatic heterocycles. The molecule has 2 rings (SSSR count). The van der Waals surface area contributed by atoms with E-state index in [0.29, 0.717) is 29.3 Å². The van der Waals surface area contributed by atoms with Crippen molar-refractivity contribution in [3.05, 3.63) is 21.9 Å². The molecule has 1 fully saturated rings.